The Kier molecular flexibility index (Phi) is 8.74. The van der Waals surface area contributed by atoms with Crippen molar-refractivity contribution in [3.8, 4) is 6.07 Å². The normalized spacial score (nSPS) is 16.1. The predicted octanol–water partition coefficient (Wildman–Crippen LogP) is 6.24. The van der Waals surface area contributed by atoms with Crippen LogP contribution in [0.25, 0.3) is 0 Å². The molecule has 0 unspecified atom stereocenters. The highest BCUT2D eigenvalue weighted by molar-refractivity contribution is 8.05. The van der Waals surface area contributed by atoms with Crippen LogP contribution in [-0.4, -0.2) is 29.6 Å². The number of nitriles is 1. The van der Waals surface area contributed by atoms with Crippen molar-refractivity contribution in [1.82, 2.24) is 0 Å². The van der Waals surface area contributed by atoms with Crippen molar-refractivity contribution < 1.29 is 19.1 Å². The van der Waals surface area contributed by atoms with Crippen LogP contribution in [0.3, 0.4) is 0 Å². The molecule has 1 atom stereocenters. The molecule has 192 valence electrons. The molecule has 1 saturated heterocycles. The molecule has 0 radical (unpaired) electrons. The van der Waals surface area contributed by atoms with Crippen LogP contribution in [-0.2, 0) is 20.7 Å². The lowest BCUT2D eigenvalue weighted by atomic mass is 10.1. The van der Waals surface area contributed by atoms with Crippen molar-refractivity contribution in [1.29, 1.82) is 5.26 Å². The van der Waals surface area contributed by atoms with Gasteiger partial charge in [0.05, 0.1) is 27.5 Å². The molecule has 3 aromatic rings. The van der Waals surface area contributed by atoms with Crippen LogP contribution in [0.2, 0.25) is 10.0 Å². The second kappa shape index (κ2) is 12.2. The van der Waals surface area contributed by atoms with Crippen molar-refractivity contribution in [3.05, 3.63) is 105 Å². The Bertz CT molecular complexity index is 1450. The first-order chi connectivity index (χ1) is 18.3. The second-order valence-electron chi connectivity index (χ2n) is 8.11. The molecule has 7 nitrogen and oxygen atoms in total. The topological polar surface area (TPSA) is 99.5 Å². The van der Waals surface area contributed by atoms with E-state index in [9.17, 15) is 19.6 Å². The first kappa shape index (κ1) is 27.3. The Labute approximate surface area is 234 Å². The molecule has 0 aliphatic carbocycles. The number of esters is 1. The number of nitrogens with zero attached hydrogens (tertiary/aromatic N) is 2. The van der Waals surface area contributed by atoms with Gasteiger partial charge < -0.3 is 10.1 Å². The van der Waals surface area contributed by atoms with Crippen LogP contribution in [0.5, 0.6) is 0 Å². The van der Waals surface area contributed by atoms with Gasteiger partial charge in [0.15, 0.2) is 0 Å². The minimum absolute atomic E-state index is 0.210. The summed E-state index contributed by atoms with van der Waals surface area (Å²) in [7, 11) is 0. The largest absolute Gasteiger partial charge is 0.462 e. The number of hydrogen-bond acceptors (Lipinski definition) is 6. The van der Waals surface area contributed by atoms with Crippen LogP contribution in [0, 0.1) is 11.3 Å². The van der Waals surface area contributed by atoms with Gasteiger partial charge in [-0.2, -0.15) is 5.26 Å². The fourth-order valence-corrected chi connectivity index (χ4v) is 5.38. The average molecular weight is 566 g/mol. The molecule has 0 bridgehead atoms. The molecule has 0 spiro atoms. The maximum Gasteiger partial charge on any atom is 0.338 e. The van der Waals surface area contributed by atoms with E-state index in [0.717, 1.165) is 17.3 Å². The number of hydrogen-bond donors (Lipinski definition) is 1. The summed E-state index contributed by atoms with van der Waals surface area (Å²) in [6.07, 6.45) is 0.326. The highest BCUT2D eigenvalue weighted by Crippen LogP contribution is 2.42. The summed E-state index contributed by atoms with van der Waals surface area (Å²) in [5.74, 6) is -1.36. The van der Waals surface area contributed by atoms with E-state index in [2.05, 4.69) is 5.32 Å². The third-order valence-electron chi connectivity index (χ3n) is 5.58. The van der Waals surface area contributed by atoms with Gasteiger partial charge in [0.1, 0.15) is 16.7 Å². The fraction of sp³-hybridized carbons (Fsp3) is 0.143. The van der Waals surface area contributed by atoms with E-state index in [0.29, 0.717) is 28.4 Å². The van der Waals surface area contributed by atoms with Gasteiger partial charge in [0.25, 0.3) is 5.91 Å². The van der Waals surface area contributed by atoms with Gasteiger partial charge in [-0.3, -0.25) is 14.5 Å². The lowest BCUT2D eigenvalue weighted by Gasteiger charge is -2.18. The summed E-state index contributed by atoms with van der Waals surface area (Å²) in [4.78, 5) is 40.1. The highest BCUT2D eigenvalue weighted by Gasteiger charge is 2.40. The number of thioether (sulfide) groups is 1. The number of para-hydroxylation sites is 1. The summed E-state index contributed by atoms with van der Waals surface area (Å²) in [5, 5.41) is 12.8. The molecule has 3 aromatic carbocycles. The smallest absolute Gasteiger partial charge is 0.338 e. The first-order valence-corrected chi connectivity index (χ1v) is 13.2. The minimum atomic E-state index is -0.679. The SMILES string of the molecule is CCOC(=O)c1ccc(C[C@H]2S/C(=C(/C#N)C(=O)Nc3ccc(Cl)c(Cl)c3)N(c3ccccc3)C2=O)cc1. The van der Waals surface area contributed by atoms with Crippen molar-refractivity contribution in [2.24, 2.45) is 0 Å². The third-order valence-corrected chi connectivity index (χ3v) is 7.59. The summed E-state index contributed by atoms with van der Waals surface area (Å²) in [5.41, 5.74) is 1.92. The number of nitrogens with one attached hydrogen (secondary N) is 1. The summed E-state index contributed by atoms with van der Waals surface area (Å²) in [6, 6.07) is 22.2. The standard InChI is InChI=1S/C28H21Cl2N3O4S/c1-2-37-28(36)18-10-8-17(9-11-18)14-24-26(35)33(20-6-4-3-5-7-20)27(38-24)21(16-31)25(34)32-19-12-13-22(29)23(30)15-19/h3-13,15,24H,2,14H2,1H3,(H,32,34)/b27-21-/t24-/m1/s1. The Morgan fingerprint density at radius 3 is 2.39 bits per heavy atom. The number of anilines is 2. The minimum Gasteiger partial charge on any atom is -0.462 e. The molecular formula is C28H21Cl2N3O4S. The van der Waals surface area contributed by atoms with E-state index >= 15 is 0 Å². The number of amides is 2. The maximum atomic E-state index is 13.6. The summed E-state index contributed by atoms with van der Waals surface area (Å²) in [6.45, 7) is 2.01. The van der Waals surface area contributed by atoms with Crippen molar-refractivity contribution in [2.45, 2.75) is 18.6 Å². The Balaban J connectivity index is 1.65. The number of carbonyl (C=O) groups excluding carboxylic acids is 3. The van der Waals surface area contributed by atoms with Crippen LogP contribution < -0.4 is 10.2 Å². The van der Waals surface area contributed by atoms with Crippen LogP contribution in [0.15, 0.2) is 83.4 Å². The number of halogens is 2. The van der Waals surface area contributed by atoms with Crippen LogP contribution >= 0.6 is 35.0 Å². The van der Waals surface area contributed by atoms with Crippen LogP contribution in [0.4, 0.5) is 11.4 Å². The van der Waals surface area contributed by atoms with E-state index in [1.807, 2.05) is 12.1 Å². The van der Waals surface area contributed by atoms with Crippen molar-refractivity contribution in [2.75, 3.05) is 16.8 Å². The van der Waals surface area contributed by atoms with Crippen LogP contribution in [0.1, 0.15) is 22.8 Å². The summed E-state index contributed by atoms with van der Waals surface area (Å²) >= 11 is 13.2. The van der Waals surface area contributed by atoms with Crippen molar-refractivity contribution >= 4 is 64.1 Å². The Hall–Kier alpha value is -3.77. The highest BCUT2D eigenvalue weighted by atomic mass is 35.5. The van der Waals surface area contributed by atoms with Gasteiger partial charge in [-0.15, -0.1) is 0 Å². The molecule has 1 fully saturated rings. The maximum absolute atomic E-state index is 13.6. The molecule has 1 aliphatic rings. The van der Waals surface area contributed by atoms with E-state index in [1.165, 1.54) is 17.0 Å². The average Bonchev–Trinajstić information content (AvgIpc) is 3.22. The molecule has 2 amide bonds. The molecular weight excluding hydrogens is 545 g/mol. The molecule has 38 heavy (non-hydrogen) atoms. The zero-order valence-corrected chi connectivity index (χ0v) is 22.4. The van der Waals surface area contributed by atoms with Gasteiger partial charge in [-0.25, -0.2) is 4.79 Å². The molecule has 0 aromatic heterocycles. The lowest BCUT2D eigenvalue weighted by Crippen LogP contribution is -2.30. The van der Waals surface area contributed by atoms with E-state index in [4.69, 9.17) is 27.9 Å². The van der Waals surface area contributed by atoms with Gasteiger partial charge in [-0.1, -0.05) is 65.3 Å². The van der Waals surface area contributed by atoms with E-state index in [1.54, 1.807) is 61.5 Å². The Morgan fingerprint density at radius 1 is 1.05 bits per heavy atom. The molecule has 0 saturated carbocycles. The van der Waals surface area contributed by atoms with Gasteiger partial charge in [-0.05, 0) is 61.4 Å². The first-order valence-electron chi connectivity index (χ1n) is 11.5. The van der Waals surface area contributed by atoms with Gasteiger partial charge in [0.2, 0.25) is 5.91 Å². The lowest BCUT2D eigenvalue weighted by molar-refractivity contribution is -0.117. The molecule has 10 heteroatoms. The fourth-order valence-electron chi connectivity index (χ4n) is 3.77. The summed E-state index contributed by atoms with van der Waals surface area (Å²) < 4.78 is 5.02. The number of carbonyl (C=O) groups is 3. The Morgan fingerprint density at radius 2 is 1.76 bits per heavy atom. The third kappa shape index (κ3) is 6.03. The number of benzene rings is 3. The molecule has 1 heterocycles. The second-order valence-corrected chi connectivity index (χ2v) is 10.1. The van der Waals surface area contributed by atoms with E-state index < -0.39 is 17.1 Å². The van der Waals surface area contributed by atoms with Gasteiger partial charge >= 0.3 is 5.97 Å². The number of ether oxygens (including phenoxy) is 1. The molecule has 4 rings (SSSR count). The van der Waals surface area contributed by atoms with Gasteiger partial charge in [0, 0.05) is 11.4 Å². The molecule has 1 N–H and O–H groups in total. The molecule has 1 aliphatic heterocycles. The number of rotatable bonds is 7. The van der Waals surface area contributed by atoms with E-state index in [-0.39, 0.29) is 28.1 Å². The quantitative estimate of drug-likeness (QED) is 0.207. The zero-order valence-electron chi connectivity index (χ0n) is 20.1. The zero-order chi connectivity index (χ0) is 27.2. The van der Waals surface area contributed by atoms with Crippen molar-refractivity contribution in [3.63, 3.8) is 0 Å². The predicted molar refractivity (Wildman–Crippen MR) is 149 cm³/mol. The monoisotopic (exact) mass is 565 g/mol.